The van der Waals surface area contributed by atoms with Gasteiger partial charge < -0.3 is 10.6 Å². The van der Waals surface area contributed by atoms with E-state index in [1.54, 1.807) is 30.6 Å². The van der Waals surface area contributed by atoms with Gasteiger partial charge in [0.2, 0.25) is 11.7 Å². The third-order valence-corrected chi connectivity index (χ3v) is 5.80. The SMILES string of the molecule is CCc1cc(Nc2cc(NC(C)=O)ncc2-c2ccnc(CN3CCCCC3)n2)nc(C(C)(F)F)n1. The van der Waals surface area contributed by atoms with Crippen molar-refractivity contribution in [3.8, 4) is 11.3 Å². The van der Waals surface area contributed by atoms with Crippen molar-refractivity contribution in [2.24, 2.45) is 0 Å². The second-order valence-electron chi connectivity index (χ2n) is 8.93. The number of piperidine rings is 1. The van der Waals surface area contributed by atoms with Crippen molar-refractivity contribution < 1.29 is 13.6 Å². The first-order valence-electron chi connectivity index (χ1n) is 12.1. The Morgan fingerprint density at radius 3 is 2.56 bits per heavy atom. The first-order valence-corrected chi connectivity index (χ1v) is 12.1. The van der Waals surface area contributed by atoms with E-state index in [2.05, 4.69) is 35.5 Å². The number of likely N-dealkylation sites (tertiary alicyclic amines) is 1. The van der Waals surface area contributed by atoms with Crippen LogP contribution in [-0.4, -0.2) is 48.8 Å². The van der Waals surface area contributed by atoms with Crippen LogP contribution in [0.25, 0.3) is 11.3 Å². The number of halogens is 2. The van der Waals surface area contributed by atoms with Crippen LogP contribution in [0.1, 0.15) is 57.4 Å². The Labute approximate surface area is 208 Å². The van der Waals surface area contributed by atoms with Gasteiger partial charge in [-0.25, -0.2) is 24.9 Å². The van der Waals surface area contributed by atoms with Crippen molar-refractivity contribution in [3.63, 3.8) is 0 Å². The van der Waals surface area contributed by atoms with E-state index in [4.69, 9.17) is 4.98 Å². The number of nitrogens with one attached hydrogen (secondary N) is 2. The Bertz CT molecular complexity index is 1220. The minimum Gasteiger partial charge on any atom is -0.339 e. The molecule has 0 radical (unpaired) electrons. The zero-order valence-electron chi connectivity index (χ0n) is 20.7. The van der Waals surface area contributed by atoms with Gasteiger partial charge in [-0.15, -0.1) is 0 Å². The van der Waals surface area contributed by atoms with Crippen LogP contribution in [0.2, 0.25) is 0 Å². The monoisotopic (exact) mass is 496 g/mol. The third kappa shape index (κ3) is 6.54. The van der Waals surface area contributed by atoms with Crippen molar-refractivity contribution in [1.29, 1.82) is 0 Å². The Balaban J connectivity index is 1.71. The molecule has 3 aromatic rings. The molecule has 11 heteroatoms. The van der Waals surface area contributed by atoms with E-state index < -0.39 is 11.7 Å². The lowest BCUT2D eigenvalue weighted by molar-refractivity contribution is -0.114. The summed E-state index contributed by atoms with van der Waals surface area (Å²) in [5, 5.41) is 5.78. The van der Waals surface area contributed by atoms with Gasteiger partial charge in [0, 0.05) is 49.6 Å². The molecule has 0 bridgehead atoms. The Kier molecular flexibility index (Phi) is 7.78. The fraction of sp³-hybridized carbons (Fsp3) is 0.440. The number of amides is 1. The van der Waals surface area contributed by atoms with Gasteiger partial charge in [0.05, 0.1) is 17.9 Å². The van der Waals surface area contributed by atoms with E-state index in [1.807, 2.05) is 6.92 Å². The molecule has 0 aliphatic carbocycles. The highest BCUT2D eigenvalue weighted by molar-refractivity contribution is 5.89. The van der Waals surface area contributed by atoms with E-state index in [-0.39, 0.29) is 11.7 Å². The molecule has 1 aliphatic rings. The van der Waals surface area contributed by atoms with Gasteiger partial charge in [0.1, 0.15) is 17.5 Å². The maximum absolute atomic E-state index is 14.0. The smallest absolute Gasteiger partial charge is 0.303 e. The Hall–Kier alpha value is -3.60. The molecular formula is C25H30F2N8O. The minimum atomic E-state index is -3.19. The van der Waals surface area contributed by atoms with Crippen LogP contribution in [0.4, 0.5) is 26.1 Å². The molecule has 36 heavy (non-hydrogen) atoms. The second kappa shape index (κ2) is 11.0. The highest BCUT2D eigenvalue weighted by Gasteiger charge is 2.29. The number of rotatable bonds is 8. The number of alkyl halides is 2. The van der Waals surface area contributed by atoms with Crippen LogP contribution < -0.4 is 10.6 Å². The van der Waals surface area contributed by atoms with Crippen LogP contribution in [0.5, 0.6) is 0 Å². The van der Waals surface area contributed by atoms with E-state index in [9.17, 15) is 13.6 Å². The summed E-state index contributed by atoms with van der Waals surface area (Å²) in [7, 11) is 0. The third-order valence-electron chi connectivity index (χ3n) is 5.80. The summed E-state index contributed by atoms with van der Waals surface area (Å²) >= 11 is 0. The minimum absolute atomic E-state index is 0.210. The normalized spacial score (nSPS) is 14.5. The lowest BCUT2D eigenvalue weighted by atomic mass is 10.1. The number of hydrogen-bond donors (Lipinski definition) is 2. The zero-order valence-corrected chi connectivity index (χ0v) is 20.7. The van der Waals surface area contributed by atoms with E-state index in [1.165, 1.54) is 26.2 Å². The molecule has 0 saturated carbocycles. The molecular weight excluding hydrogens is 466 g/mol. The fourth-order valence-corrected chi connectivity index (χ4v) is 4.03. The maximum atomic E-state index is 14.0. The van der Waals surface area contributed by atoms with Crippen molar-refractivity contribution in [1.82, 2.24) is 29.8 Å². The molecule has 1 fully saturated rings. The standard InChI is InChI=1S/C25H30F2N8O/c1-4-17-12-22(34-24(31-17)25(3,26)27)33-20-13-21(30-16(2)36)29-14-18(20)19-8-9-28-23(32-19)15-35-10-6-5-7-11-35/h8-9,12-14H,4-7,10-11,15H2,1-3H3,(H2,29,30,31,33,34,36). The summed E-state index contributed by atoms with van der Waals surface area (Å²) < 4.78 is 28.1. The van der Waals surface area contributed by atoms with E-state index >= 15 is 0 Å². The molecule has 0 spiro atoms. The second-order valence-corrected chi connectivity index (χ2v) is 8.93. The van der Waals surface area contributed by atoms with Gasteiger partial charge in [0.15, 0.2) is 0 Å². The Morgan fingerprint density at radius 1 is 1.08 bits per heavy atom. The van der Waals surface area contributed by atoms with Gasteiger partial charge in [-0.1, -0.05) is 13.3 Å². The number of pyridine rings is 1. The molecule has 190 valence electrons. The summed E-state index contributed by atoms with van der Waals surface area (Å²) in [5.41, 5.74) is 2.22. The zero-order chi connectivity index (χ0) is 25.7. The summed E-state index contributed by atoms with van der Waals surface area (Å²) in [5.74, 6) is -2.83. The number of aromatic nitrogens is 5. The molecule has 9 nitrogen and oxygen atoms in total. The fourth-order valence-electron chi connectivity index (χ4n) is 4.03. The predicted molar refractivity (Wildman–Crippen MR) is 133 cm³/mol. The van der Waals surface area contributed by atoms with Crippen molar-refractivity contribution in [2.45, 2.75) is 58.9 Å². The molecule has 4 heterocycles. The van der Waals surface area contributed by atoms with Crippen LogP contribution in [-0.2, 0) is 23.7 Å². The lowest BCUT2D eigenvalue weighted by Gasteiger charge is -2.25. The number of carbonyl (C=O) groups excluding carboxylic acids is 1. The quantitative estimate of drug-likeness (QED) is 0.462. The number of hydrogen-bond acceptors (Lipinski definition) is 8. The molecule has 0 atom stereocenters. The molecule has 1 aliphatic heterocycles. The lowest BCUT2D eigenvalue weighted by Crippen LogP contribution is -2.29. The van der Waals surface area contributed by atoms with Crippen molar-refractivity contribution in [3.05, 3.63) is 47.9 Å². The van der Waals surface area contributed by atoms with Crippen LogP contribution in [0.3, 0.4) is 0 Å². The maximum Gasteiger partial charge on any atom is 0.303 e. The Morgan fingerprint density at radius 2 is 1.86 bits per heavy atom. The van der Waals surface area contributed by atoms with Crippen molar-refractivity contribution in [2.75, 3.05) is 23.7 Å². The van der Waals surface area contributed by atoms with E-state index in [0.29, 0.717) is 47.2 Å². The average molecular weight is 497 g/mol. The van der Waals surface area contributed by atoms with E-state index in [0.717, 1.165) is 20.0 Å². The molecule has 1 saturated heterocycles. The summed E-state index contributed by atoms with van der Waals surface area (Å²) in [4.78, 5) is 35.5. The first-order chi connectivity index (χ1) is 17.2. The highest BCUT2D eigenvalue weighted by Crippen LogP contribution is 2.32. The summed E-state index contributed by atoms with van der Waals surface area (Å²) in [6, 6.07) is 5.02. The number of anilines is 3. The first kappa shape index (κ1) is 25.5. The predicted octanol–water partition coefficient (Wildman–Crippen LogP) is 4.69. The van der Waals surface area contributed by atoms with Gasteiger partial charge in [0.25, 0.3) is 0 Å². The number of carbonyl (C=O) groups is 1. The van der Waals surface area contributed by atoms with Crippen LogP contribution in [0.15, 0.2) is 30.6 Å². The molecule has 1 amide bonds. The number of nitrogens with zero attached hydrogens (tertiary/aromatic N) is 6. The van der Waals surface area contributed by atoms with Gasteiger partial charge in [-0.2, -0.15) is 8.78 Å². The largest absolute Gasteiger partial charge is 0.339 e. The average Bonchev–Trinajstić information content (AvgIpc) is 2.84. The van der Waals surface area contributed by atoms with Gasteiger partial charge in [-0.3, -0.25) is 9.69 Å². The number of aryl methyl sites for hydroxylation is 1. The molecule has 2 N–H and O–H groups in total. The van der Waals surface area contributed by atoms with Gasteiger partial charge >= 0.3 is 5.92 Å². The molecule has 0 unspecified atom stereocenters. The summed E-state index contributed by atoms with van der Waals surface area (Å²) in [6.07, 6.45) is 7.32. The van der Waals surface area contributed by atoms with Crippen molar-refractivity contribution >= 4 is 23.2 Å². The molecule has 3 aromatic heterocycles. The molecule has 4 rings (SSSR count). The van der Waals surface area contributed by atoms with Gasteiger partial charge in [-0.05, 0) is 38.4 Å². The van der Waals surface area contributed by atoms with Crippen LogP contribution in [0, 0.1) is 0 Å². The molecule has 0 aromatic carbocycles. The van der Waals surface area contributed by atoms with Crippen LogP contribution >= 0.6 is 0 Å². The highest BCUT2D eigenvalue weighted by atomic mass is 19.3. The topological polar surface area (TPSA) is 109 Å². The summed E-state index contributed by atoms with van der Waals surface area (Å²) in [6.45, 7) is 6.67.